The van der Waals surface area contributed by atoms with E-state index in [2.05, 4.69) is 20.6 Å². The summed E-state index contributed by atoms with van der Waals surface area (Å²) in [6.45, 7) is 0.425. The van der Waals surface area contributed by atoms with Gasteiger partial charge in [0.2, 0.25) is 5.91 Å². The first-order valence-corrected chi connectivity index (χ1v) is 9.72. The third kappa shape index (κ3) is 4.66. The number of nitrogens with one attached hydrogen (secondary N) is 2. The van der Waals surface area contributed by atoms with E-state index in [1.165, 1.54) is 0 Å². The summed E-state index contributed by atoms with van der Waals surface area (Å²) in [5.41, 5.74) is 3.94. The van der Waals surface area contributed by atoms with Crippen molar-refractivity contribution in [1.29, 1.82) is 0 Å². The van der Waals surface area contributed by atoms with Gasteiger partial charge in [-0.25, -0.2) is 0 Å². The van der Waals surface area contributed by atoms with E-state index in [-0.39, 0.29) is 17.7 Å². The normalized spacial score (nSPS) is 13.4. The monoisotopic (exact) mass is 386 g/mol. The van der Waals surface area contributed by atoms with Gasteiger partial charge < -0.3 is 10.6 Å². The molecule has 0 radical (unpaired) electrons. The molecule has 0 bridgehead atoms. The second-order valence-electron chi connectivity index (χ2n) is 7.20. The van der Waals surface area contributed by atoms with E-state index in [1.54, 1.807) is 24.8 Å². The van der Waals surface area contributed by atoms with Crippen molar-refractivity contribution in [2.75, 3.05) is 5.32 Å². The number of nitrogens with zero attached hydrogens (tertiary/aromatic N) is 2. The van der Waals surface area contributed by atoms with Gasteiger partial charge in [0, 0.05) is 48.5 Å². The molecule has 2 aromatic heterocycles. The smallest absolute Gasteiger partial charge is 0.253 e. The van der Waals surface area contributed by atoms with Crippen molar-refractivity contribution < 1.29 is 9.59 Å². The molecular formula is C23H22N4O2. The molecule has 29 heavy (non-hydrogen) atoms. The van der Waals surface area contributed by atoms with Gasteiger partial charge >= 0.3 is 0 Å². The van der Waals surface area contributed by atoms with E-state index >= 15 is 0 Å². The molecule has 0 saturated heterocycles. The molecule has 1 aliphatic rings. The van der Waals surface area contributed by atoms with E-state index in [0.717, 1.165) is 41.6 Å². The van der Waals surface area contributed by atoms with E-state index in [0.29, 0.717) is 12.1 Å². The van der Waals surface area contributed by atoms with Crippen molar-refractivity contribution in [3.63, 3.8) is 0 Å². The minimum absolute atomic E-state index is 0.0794. The maximum absolute atomic E-state index is 12.5. The van der Waals surface area contributed by atoms with Crippen LogP contribution in [0.1, 0.15) is 35.2 Å². The molecular weight excluding hydrogens is 364 g/mol. The lowest BCUT2D eigenvalue weighted by Gasteiger charge is -2.24. The highest BCUT2D eigenvalue weighted by molar-refractivity contribution is 5.95. The van der Waals surface area contributed by atoms with E-state index < -0.39 is 0 Å². The van der Waals surface area contributed by atoms with Crippen LogP contribution in [0.2, 0.25) is 0 Å². The Labute approximate surface area is 169 Å². The molecule has 1 fully saturated rings. The van der Waals surface area contributed by atoms with Gasteiger partial charge in [-0.15, -0.1) is 0 Å². The van der Waals surface area contributed by atoms with E-state index in [1.807, 2.05) is 42.5 Å². The SMILES string of the molecule is O=C(NCc1ccncc1)c1cncc(-c2cccc(NC(=O)C3CCC3)c2)c1. The quantitative estimate of drug-likeness (QED) is 0.675. The Hall–Kier alpha value is -3.54. The summed E-state index contributed by atoms with van der Waals surface area (Å²) < 4.78 is 0. The number of hydrogen-bond acceptors (Lipinski definition) is 4. The zero-order chi connectivity index (χ0) is 20.1. The van der Waals surface area contributed by atoms with Crippen LogP contribution in [0.5, 0.6) is 0 Å². The van der Waals surface area contributed by atoms with Crippen LogP contribution in [-0.2, 0) is 11.3 Å². The van der Waals surface area contributed by atoms with Crippen LogP contribution in [0, 0.1) is 5.92 Å². The van der Waals surface area contributed by atoms with Gasteiger partial charge in [0.15, 0.2) is 0 Å². The van der Waals surface area contributed by atoms with Crippen molar-refractivity contribution in [3.8, 4) is 11.1 Å². The van der Waals surface area contributed by atoms with Gasteiger partial charge in [0.25, 0.3) is 5.91 Å². The van der Waals surface area contributed by atoms with Crippen LogP contribution < -0.4 is 10.6 Å². The van der Waals surface area contributed by atoms with Crippen LogP contribution in [0.3, 0.4) is 0 Å². The molecule has 2 heterocycles. The fraction of sp³-hybridized carbons (Fsp3) is 0.217. The van der Waals surface area contributed by atoms with Gasteiger partial charge in [-0.05, 0) is 54.3 Å². The van der Waals surface area contributed by atoms with Crippen molar-refractivity contribution in [2.45, 2.75) is 25.8 Å². The maximum atomic E-state index is 12.5. The number of amides is 2. The number of carbonyl (C=O) groups excluding carboxylic acids is 2. The van der Waals surface area contributed by atoms with Crippen LogP contribution >= 0.6 is 0 Å². The van der Waals surface area contributed by atoms with Crippen LogP contribution in [0.15, 0.2) is 67.3 Å². The van der Waals surface area contributed by atoms with Crippen molar-refractivity contribution in [2.24, 2.45) is 5.92 Å². The second-order valence-corrected chi connectivity index (χ2v) is 7.20. The summed E-state index contributed by atoms with van der Waals surface area (Å²) in [4.78, 5) is 32.9. The molecule has 2 N–H and O–H groups in total. The Morgan fingerprint density at radius 2 is 1.79 bits per heavy atom. The lowest BCUT2D eigenvalue weighted by atomic mass is 9.85. The highest BCUT2D eigenvalue weighted by atomic mass is 16.2. The summed E-state index contributed by atoms with van der Waals surface area (Å²) in [5.74, 6) is 0.0223. The van der Waals surface area contributed by atoms with Crippen LogP contribution in [0.4, 0.5) is 5.69 Å². The number of benzene rings is 1. The molecule has 1 saturated carbocycles. The summed E-state index contributed by atoms with van der Waals surface area (Å²) in [5, 5.41) is 5.88. The molecule has 146 valence electrons. The standard InChI is InChI=1S/C23H22N4O2/c28-22(26-13-16-7-9-24-10-8-16)20-11-19(14-25-15-20)18-5-2-6-21(12-18)27-23(29)17-3-1-4-17/h2,5-12,14-15,17H,1,3-4,13H2,(H,26,28)(H,27,29). The largest absolute Gasteiger partial charge is 0.348 e. The highest BCUT2D eigenvalue weighted by Crippen LogP contribution is 2.28. The second kappa shape index (κ2) is 8.65. The lowest BCUT2D eigenvalue weighted by molar-refractivity contribution is -0.122. The van der Waals surface area contributed by atoms with E-state index in [9.17, 15) is 9.59 Å². The van der Waals surface area contributed by atoms with Gasteiger partial charge in [-0.3, -0.25) is 19.6 Å². The van der Waals surface area contributed by atoms with Gasteiger partial charge in [0.05, 0.1) is 5.56 Å². The number of anilines is 1. The molecule has 3 aromatic rings. The van der Waals surface area contributed by atoms with Gasteiger partial charge in [0.1, 0.15) is 0 Å². The molecule has 6 nitrogen and oxygen atoms in total. The van der Waals surface area contributed by atoms with Crippen LogP contribution in [-0.4, -0.2) is 21.8 Å². The zero-order valence-electron chi connectivity index (χ0n) is 16.0. The van der Waals surface area contributed by atoms with Gasteiger partial charge in [-0.2, -0.15) is 0 Å². The third-order valence-corrected chi connectivity index (χ3v) is 5.14. The molecule has 0 aliphatic heterocycles. The Morgan fingerprint density at radius 3 is 2.55 bits per heavy atom. The first-order valence-electron chi connectivity index (χ1n) is 9.72. The Bertz CT molecular complexity index is 1020. The summed E-state index contributed by atoms with van der Waals surface area (Å²) in [6, 6.07) is 13.1. The van der Waals surface area contributed by atoms with Crippen molar-refractivity contribution in [3.05, 3.63) is 78.4 Å². The van der Waals surface area contributed by atoms with E-state index in [4.69, 9.17) is 0 Å². The maximum Gasteiger partial charge on any atom is 0.253 e. The number of pyridine rings is 2. The number of hydrogen-bond donors (Lipinski definition) is 2. The molecule has 1 aromatic carbocycles. The molecule has 0 unspecified atom stereocenters. The Kier molecular flexibility index (Phi) is 5.61. The molecule has 6 heteroatoms. The minimum atomic E-state index is -0.189. The fourth-order valence-electron chi connectivity index (χ4n) is 3.20. The zero-order valence-corrected chi connectivity index (χ0v) is 16.0. The van der Waals surface area contributed by atoms with Crippen LogP contribution in [0.25, 0.3) is 11.1 Å². The molecule has 2 amide bonds. The third-order valence-electron chi connectivity index (χ3n) is 5.14. The Morgan fingerprint density at radius 1 is 0.966 bits per heavy atom. The van der Waals surface area contributed by atoms with Crippen molar-refractivity contribution in [1.82, 2.24) is 15.3 Å². The number of carbonyl (C=O) groups is 2. The fourth-order valence-corrected chi connectivity index (χ4v) is 3.20. The first-order chi connectivity index (χ1) is 14.2. The molecule has 0 atom stereocenters. The topological polar surface area (TPSA) is 84.0 Å². The van der Waals surface area contributed by atoms with Gasteiger partial charge in [-0.1, -0.05) is 18.6 Å². The first kappa shape index (κ1) is 18.8. The molecule has 4 rings (SSSR count). The highest BCUT2D eigenvalue weighted by Gasteiger charge is 2.25. The summed E-state index contributed by atoms with van der Waals surface area (Å²) >= 11 is 0. The predicted molar refractivity (Wildman–Crippen MR) is 111 cm³/mol. The molecule has 1 aliphatic carbocycles. The van der Waals surface area contributed by atoms with Crippen molar-refractivity contribution >= 4 is 17.5 Å². The lowest BCUT2D eigenvalue weighted by Crippen LogP contribution is -2.27. The Balaban J connectivity index is 1.45. The average Bonchev–Trinajstić information content (AvgIpc) is 2.72. The average molecular weight is 386 g/mol. The molecule has 0 spiro atoms. The summed E-state index contributed by atoms with van der Waals surface area (Å²) in [6.07, 6.45) is 9.71. The predicted octanol–water partition coefficient (Wildman–Crippen LogP) is 3.81. The summed E-state index contributed by atoms with van der Waals surface area (Å²) in [7, 11) is 0. The number of rotatable bonds is 6. The number of aromatic nitrogens is 2. The minimum Gasteiger partial charge on any atom is -0.348 e.